The van der Waals surface area contributed by atoms with Crippen molar-refractivity contribution in [2.24, 2.45) is 0 Å². The first-order chi connectivity index (χ1) is 13.2. The standard InChI is InChI=1S/C24H33N3/c1-20-8-10-23(11-9-20)26-16-18-27(19-17-26)24-12-14-25(15-13-24)21(2)22-6-4-3-5-7-22/h3-11,21,24H,12-19H2,1-2H3. The normalized spacial score (nSPS) is 21.3. The molecule has 2 aromatic carbocycles. The van der Waals surface area contributed by atoms with E-state index in [1.807, 2.05) is 0 Å². The Kier molecular flexibility index (Phi) is 5.80. The summed E-state index contributed by atoms with van der Waals surface area (Å²) < 4.78 is 0. The monoisotopic (exact) mass is 363 g/mol. The van der Waals surface area contributed by atoms with E-state index in [9.17, 15) is 0 Å². The second kappa shape index (κ2) is 8.45. The van der Waals surface area contributed by atoms with Gasteiger partial charge in [0.1, 0.15) is 0 Å². The molecule has 1 atom stereocenters. The molecule has 0 spiro atoms. The number of anilines is 1. The number of nitrogens with zero attached hydrogens (tertiary/aromatic N) is 3. The van der Waals surface area contributed by atoms with Gasteiger partial charge in [-0.15, -0.1) is 0 Å². The molecule has 144 valence electrons. The van der Waals surface area contributed by atoms with Crippen molar-refractivity contribution >= 4 is 5.69 Å². The highest BCUT2D eigenvalue weighted by molar-refractivity contribution is 5.47. The van der Waals surface area contributed by atoms with Crippen molar-refractivity contribution in [3.8, 4) is 0 Å². The molecule has 0 aliphatic carbocycles. The topological polar surface area (TPSA) is 9.72 Å². The van der Waals surface area contributed by atoms with E-state index in [2.05, 4.69) is 83.1 Å². The van der Waals surface area contributed by atoms with Crippen LogP contribution >= 0.6 is 0 Å². The molecule has 0 aromatic heterocycles. The van der Waals surface area contributed by atoms with E-state index in [-0.39, 0.29) is 0 Å². The number of aryl methyl sites for hydroxylation is 1. The van der Waals surface area contributed by atoms with Crippen LogP contribution in [0.5, 0.6) is 0 Å². The van der Waals surface area contributed by atoms with Gasteiger partial charge in [0.15, 0.2) is 0 Å². The lowest BCUT2D eigenvalue weighted by molar-refractivity contribution is 0.0840. The number of rotatable bonds is 4. The smallest absolute Gasteiger partial charge is 0.0367 e. The fraction of sp³-hybridized carbons (Fsp3) is 0.500. The van der Waals surface area contributed by atoms with Crippen molar-refractivity contribution in [3.05, 3.63) is 65.7 Å². The maximum Gasteiger partial charge on any atom is 0.0367 e. The number of hydrogen-bond acceptors (Lipinski definition) is 3. The first-order valence-corrected chi connectivity index (χ1v) is 10.6. The molecule has 2 aliphatic rings. The zero-order chi connectivity index (χ0) is 18.6. The third kappa shape index (κ3) is 4.36. The summed E-state index contributed by atoms with van der Waals surface area (Å²) in [5.41, 5.74) is 4.17. The van der Waals surface area contributed by atoms with Crippen LogP contribution in [0.25, 0.3) is 0 Å². The van der Waals surface area contributed by atoms with Crippen molar-refractivity contribution in [2.75, 3.05) is 44.2 Å². The van der Waals surface area contributed by atoms with Crippen LogP contribution in [0.1, 0.15) is 36.9 Å². The van der Waals surface area contributed by atoms with Gasteiger partial charge >= 0.3 is 0 Å². The van der Waals surface area contributed by atoms with E-state index in [0.29, 0.717) is 6.04 Å². The lowest BCUT2D eigenvalue weighted by Crippen LogP contribution is -2.53. The second-order valence-electron chi connectivity index (χ2n) is 8.21. The van der Waals surface area contributed by atoms with Crippen molar-refractivity contribution in [2.45, 2.75) is 38.8 Å². The molecule has 2 fully saturated rings. The summed E-state index contributed by atoms with van der Waals surface area (Å²) >= 11 is 0. The molecule has 0 radical (unpaired) electrons. The van der Waals surface area contributed by atoms with E-state index in [0.717, 1.165) is 19.1 Å². The Morgan fingerprint density at radius 3 is 2.04 bits per heavy atom. The Hall–Kier alpha value is -1.84. The van der Waals surface area contributed by atoms with Gasteiger partial charge in [-0.25, -0.2) is 0 Å². The maximum atomic E-state index is 2.75. The largest absolute Gasteiger partial charge is 0.369 e. The molecule has 2 aliphatic heterocycles. The van der Waals surface area contributed by atoms with Gasteiger partial charge in [0.05, 0.1) is 0 Å². The van der Waals surface area contributed by atoms with Crippen LogP contribution in [-0.2, 0) is 0 Å². The summed E-state index contributed by atoms with van der Waals surface area (Å²) in [5, 5.41) is 0. The molecule has 2 aromatic rings. The highest BCUT2D eigenvalue weighted by Gasteiger charge is 2.29. The average molecular weight is 364 g/mol. The van der Waals surface area contributed by atoms with Crippen LogP contribution in [0.4, 0.5) is 5.69 Å². The van der Waals surface area contributed by atoms with Gasteiger partial charge in [0.2, 0.25) is 0 Å². The third-order valence-corrected chi connectivity index (χ3v) is 6.56. The summed E-state index contributed by atoms with van der Waals surface area (Å²) in [6.45, 7) is 11.7. The molecule has 3 heteroatoms. The Morgan fingerprint density at radius 1 is 0.778 bits per heavy atom. The van der Waals surface area contributed by atoms with Gasteiger partial charge in [0.25, 0.3) is 0 Å². The molecule has 0 bridgehead atoms. The minimum Gasteiger partial charge on any atom is -0.369 e. The van der Waals surface area contributed by atoms with Crippen LogP contribution in [-0.4, -0.2) is 55.1 Å². The second-order valence-corrected chi connectivity index (χ2v) is 8.21. The fourth-order valence-electron chi connectivity index (χ4n) is 4.68. The Morgan fingerprint density at radius 2 is 1.41 bits per heavy atom. The predicted octanol–water partition coefficient (Wildman–Crippen LogP) is 4.34. The minimum atomic E-state index is 0.533. The third-order valence-electron chi connectivity index (χ3n) is 6.56. The highest BCUT2D eigenvalue weighted by Crippen LogP contribution is 2.27. The molecule has 0 saturated carbocycles. The molecule has 1 unspecified atom stereocenters. The zero-order valence-electron chi connectivity index (χ0n) is 16.8. The molecule has 2 saturated heterocycles. The minimum absolute atomic E-state index is 0.533. The molecule has 4 rings (SSSR count). The molecular weight excluding hydrogens is 330 g/mol. The highest BCUT2D eigenvalue weighted by atomic mass is 15.3. The Bertz CT molecular complexity index is 696. The van der Waals surface area contributed by atoms with Crippen molar-refractivity contribution in [1.29, 1.82) is 0 Å². The molecule has 3 nitrogen and oxygen atoms in total. The number of likely N-dealkylation sites (tertiary alicyclic amines) is 1. The van der Waals surface area contributed by atoms with E-state index >= 15 is 0 Å². The average Bonchev–Trinajstić information content (AvgIpc) is 2.75. The van der Waals surface area contributed by atoms with Crippen LogP contribution in [0, 0.1) is 6.92 Å². The maximum absolute atomic E-state index is 2.75. The van der Waals surface area contributed by atoms with E-state index < -0.39 is 0 Å². The van der Waals surface area contributed by atoms with Gasteiger partial charge in [0, 0.05) is 57.0 Å². The lowest BCUT2D eigenvalue weighted by Gasteiger charge is -2.44. The van der Waals surface area contributed by atoms with E-state index in [1.165, 1.54) is 55.8 Å². The first kappa shape index (κ1) is 18.5. The molecular formula is C24H33N3. The number of piperidine rings is 1. The predicted molar refractivity (Wildman–Crippen MR) is 114 cm³/mol. The van der Waals surface area contributed by atoms with Crippen molar-refractivity contribution < 1.29 is 0 Å². The van der Waals surface area contributed by atoms with Crippen molar-refractivity contribution in [1.82, 2.24) is 9.80 Å². The van der Waals surface area contributed by atoms with Crippen molar-refractivity contribution in [3.63, 3.8) is 0 Å². The summed E-state index contributed by atoms with van der Waals surface area (Å²) in [6, 6.07) is 21.3. The van der Waals surface area contributed by atoms with E-state index in [4.69, 9.17) is 0 Å². The van der Waals surface area contributed by atoms with Gasteiger partial charge in [-0.3, -0.25) is 9.80 Å². The number of benzene rings is 2. The Labute approximate surface area is 164 Å². The van der Waals surface area contributed by atoms with Crippen LogP contribution in [0.2, 0.25) is 0 Å². The lowest BCUT2D eigenvalue weighted by atomic mass is 9.98. The number of hydrogen-bond donors (Lipinski definition) is 0. The van der Waals surface area contributed by atoms with Crippen LogP contribution in [0.3, 0.4) is 0 Å². The van der Waals surface area contributed by atoms with Gasteiger partial charge in [-0.2, -0.15) is 0 Å². The summed E-state index contributed by atoms with van der Waals surface area (Å²) in [4.78, 5) is 7.95. The summed E-state index contributed by atoms with van der Waals surface area (Å²) in [7, 11) is 0. The molecule has 2 heterocycles. The summed E-state index contributed by atoms with van der Waals surface area (Å²) in [5.74, 6) is 0. The molecule has 0 amide bonds. The first-order valence-electron chi connectivity index (χ1n) is 10.6. The molecule has 0 N–H and O–H groups in total. The fourth-order valence-corrected chi connectivity index (χ4v) is 4.68. The van der Waals surface area contributed by atoms with Crippen LogP contribution < -0.4 is 4.90 Å². The summed E-state index contributed by atoms with van der Waals surface area (Å²) in [6.07, 6.45) is 2.61. The van der Waals surface area contributed by atoms with Crippen LogP contribution in [0.15, 0.2) is 54.6 Å². The van der Waals surface area contributed by atoms with Gasteiger partial charge < -0.3 is 4.90 Å². The van der Waals surface area contributed by atoms with Gasteiger partial charge in [-0.05, 0) is 44.4 Å². The van der Waals surface area contributed by atoms with E-state index in [1.54, 1.807) is 0 Å². The zero-order valence-corrected chi connectivity index (χ0v) is 16.8. The quantitative estimate of drug-likeness (QED) is 0.800. The SMILES string of the molecule is Cc1ccc(N2CCN(C3CCN(C(C)c4ccccc4)CC3)CC2)cc1. The van der Waals surface area contributed by atoms with Gasteiger partial charge in [-0.1, -0.05) is 48.0 Å². The Balaban J connectivity index is 1.26. The number of piperazine rings is 1. The molecule has 27 heavy (non-hydrogen) atoms.